The number of halogens is 4. The van der Waals surface area contributed by atoms with Crippen LogP contribution in [0.2, 0.25) is 0 Å². The summed E-state index contributed by atoms with van der Waals surface area (Å²) in [5.41, 5.74) is -2.10. The molecule has 0 unspecified atom stereocenters. The molecule has 82 valence electrons. The average Bonchev–Trinajstić information content (AvgIpc) is 2.15. The van der Waals surface area contributed by atoms with Gasteiger partial charge in [0.2, 0.25) is 5.95 Å². The molecule has 1 aromatic rings. The third-order valence-electron chi connectivity index (χ3n) is 1.68. The van der Waals surface area contributed by atoms with E-state index in [0.29, 0.717) is 6.07 Å². The number of rotatable bonds is 3. The van der Waals surface area contributed by atoms with E-state index in [9.17, 15) is 18.0 Å². The Morgan fingerprint density at radius 1 is 1.60 bits per heavy atom. The van der Waals surface area contributed by atoms with Crippen LogP contribution < -0.4 is 0 Å². The van der Waals surface area contributed by atoms with E-state index in [4.69, 9.17) is 16.7 Å². The summed E-state index contributed by atoms with van der Waals surface area (Å²) in [6.45, 7) is 0. The van der Waals surface area contributed by atoms with Gasteiger partial charge in [0, 0.05) is 6.07 Å². The van der Waals surface area contributed by atoms with Crippen molar-refractivity contribution in [2.75, 3.05) is 0 Å². The average molecular weight is 240 g/mol. The second kappa shape index (κ2) is 4.48. The number of nitrogens with zero attached hydrogens (tertiary/aromatic N) is 1. The molecule has 15 heavy (non-hydrogen) atoms. The van der Waals surface area contributed by atoms with Gasteiger partial charge in [-0.25, -0.2) is 18.6 Å². The molecule has 0 bridgehead atoms. The van der Waals surface area contributed by atoms with Crippen molar-refractivity contribution in [2.45, 2.75) is 12.3 Å². The van der Waals surface area contributed by atoms with E-state index in [-0.39, 0.29) is 0 Å². The third-order valence-corrected chi connectivity index (χ3v) is 1.93. The molecule has 1 aromatic heterocycles. The normalized spacial score (nSPS) is 10.7. The van der Waals surface area contributed by atoms with Crippen molar-refractivity contribution in [1.82, 2.24) is 4.98 Å². The van der Waals surface area contributed by atoms with Crippen molar-refractivity contribution < 1.29 is 23.1 Å². The Balaban J connectivity index is 3.47. The maximum Gasteiger partial charge on any atom is 0.336 e. The van der Waals surface area contributed by atoms with E-state index >= 15 is 0 Å². The van der Waals surface area contributed by atoms with Gasteiger partial charge in [-0.05, 0) is 0 Å². The molecule has 1 N–H and O–H groups in total. The minimum atomic E-state index is -3.06. The van der Waals surface area contributed by atoms with Crippen LogP contribution in [0, 0.1) is 5.95 Å². The van der Waals surface area contributed by atoms with E-state index in [2.05, 4.69) is 4.98 Å². The smallest absolute Gasteiger partial charge is 0.336 e. The molecule has 0 aliphatic rings. The van der Waals surface area contributed by atoms with E-state index in [1.807, 2.05) is 0 Å². The molecule has 0 aliphatic heterocycles. The third kappa shape index (κ3) is 2.38. The summed E-state index contributed by atoms with van der Waals surface area (Å²) < 4.78 is 37.7. The van der Waals surface area contributed by atoms with Gasteiger partial charge in [0.05, 0.1) is 22.7 Å². The lowest BCUT2D eigenvalue weighted by molar-refractivity contribution is 0.0682. The van der Waals surface area contributed by atoms with Crippen LogP contribution in [0.4, 0.5) is 13.2 Å². The highest BCUT2D eigenvalue weighted by Gasteiger charge is 2.24. The van der Waals surface area contributed by atoms with Crippen LogP contribution in [0.1, 0.15) is 28.0 Å². The van der Waals surface area contributed by atoms with Crippen LogP contribution in [-0.2, 0) is 5.88 Å². The number of alkyl halides is 3. The van der Waals surface area contributed by atoms with Gasteiger partial charge >= 0.3 is 5.97 Å². The Morgan fingerprint density at radius 2 is 2.20 bits per heavy atom. The maximum absolute atomic E-state index is 12.7. The zero-order chi connectivity index (χ0) is 11.6. The highest BCUT2D eigenvalue weighted by atomic mass is 35.5. The fraction of sp³-hybridized carbons (Fsp3) is 0.250. The fourth-order valence-corrected chi connectivity index (χ4v) is 1.30. The number of hydrogen-bond acceptors (Lipinski definition) is 2. The Hall–Kier alpha value is -1.30. The summed E-state index contributed by atoms with van der Waals surface area (Å²) >= 11 is 5.27. The lowest BCUT2D eigenvalue weighted by Gasteiger charge is -2.08. The fourth-order valence-electron chi connectivity index (χ4n) is 1.10. The Morgan fingerprint density at radius 3 is 2.60 bits per heavy atom. The first-order valence-electron chi connectivity index (χ1n) is 3.74. The SMILES string of the molecule is O=C(O)c1cc(F)nc(CCl)c1C(F)F. The molecule has 0 fully saturated rings. The Bertz CT molecular complexity index is 398. The van der Waals surface area contributed by atoms with Crippen molar-refractivity contribution in [3.8, 4) is 0 Å². The molecule has 0 aromatic carbocycles. The number of aromatic carboxylic acids is 1. The van der Waals surface area contributed by atoms with Gasteiger partial charge in [0.1, 0.15) is 0 Å². The van der Waals surface area contributed by atoms with Crippen molar-refractivity contribution in [3.05, 3.63) is 28.8 Å². The summed E-state index contributed by atoms with van der Waals surface area (Å²) in [6, 6.07) is 0.444. The lowest BCUT2D eigenvalue weighted by atomic mass is 10.1. The minimum absolute atomic E-state index is 0.444. The summed E-state index contributed by atoms with van der Waals surface area (Å²) in [4.78, 5) is 13.7. The minimum Gasteiger partial charge on any atom is -0.478 e. The van der Waals surface area contributed by atoms with Crippen molar-refractivity contribution in [2.24, 2.45) is 0 Å². The van der Waals surface area contributed by atoms with Crippen molar-refractivity contribution in [3.63, 3.8) is 0 Å². The van der Waals surface area contributed by atoms with Crippen LogP contribution in [-0.4, -0.2) is 16.1 Å². The molecular formula is C8H5ClF3NO2. The molecule has 1 rings (SSSR count). The van der Waals surface area contributed by atoms with Crippen LogP contribution in [0.3, 0.4) is 0 Å². The zero-order valence-corrected chi connectivity index (χ0v) is 7.93. The predicted octanol–water partition coefficient (Wildman–Crippen LogP) is 2.60. The molecule has 0 amide bonds. The highest BCUT2D eigenvalue weighted by Crippen LogP contribution is 2.27. The van der Waals surface area contributed by atoms with Crippen LogP contribution in [0.15, 0.2) is 6.07 Å². The number of pyridine rings is 1. The lowest BCUT2D eigenvalue weighted by Crippen LogP contribution is -2.09. The molecule has 0 atom stereocenters. The predicted molar refractivity (Wildman–Crippen MR) is 45.7 cm³/mol. The second-order valence-corrected chi connectivity index (χ2v) is 2.86. The van der Waals surface area contributed by atoms with E-state index < -0.39 is 41.0 Å². The number of carboxylic acid groups (broad SMARTS) is 1. The largest absolute Gasteiger partial charge is 0.478 e. The summed E-state index contributed by atoms with van der Waals surface area (Å²) in [5.74, 6) is -3.26. The maximum atomic E-state index is 12.7. The summed E-state index contributed by atoms with van der Waals surface area (Å²) in [5, 5.41) is 8.59. The first kappa shape index (κ1) is 11.8. The molecule has 0 saturated heterocycles. The number of carbonyl (C=O) groups is 1. The quantitative estimate of drug-likeness (QED) is 0.652. The van der Waals surface area contributed by atoms with Gasteiger partial charge in [-0.2, -0.15) is 4.39 Å². The molecule has 0 saturated carbocycles. The molecule has 1 heterocycles. The molecule has 3 nitrogen and oxygen atoms in total. The van der Waals surface area contributed by atoms with Crippen LogP contribution in [0.5, 0.6) is 0 Å². The van der Waals surface area contributed by atoms with E-state index in [1.165, 1.54) is 0 Å². The Kier molecular flexibility index (Phi) is 3.52. The zero-order valence-electron chi connectivity index (χ0n) is 7.18. The van der Waals surface area contributed by atoms with Gasteiger partial charge < -0.3 is 5.11 Å². The summed E-state index contributed by atoms with van der Waals surface area (Å²) in [7, 11) is 0. The van der Waals surface area contributed by atoms with E-state index in [1.54, 1.807) is 0 Å². The molecule has 0 aliphatic carbocycles. The molecular weight excluding hydrogens is 235 g/mol. The number of hydrogen-bond donors (Lipinski definition) is 1. The second-order valence-electron chi connectivity index (χ2n) is 2.59. The molecule has 0 spiro atoms. The van der Waals surface area contributed by atoms with Crippen LogP contribution in [0.25, 0.3) is 0 Å². The van der Waals surface area contributed by atoms with E-state index in [0.717, 1.165) is 0 Å². The summed E-state index contributed by atoms with van der Waals surface area (Å²) in [6.07, 6.45) is -3.06. The molecule has 7 heteroatoms. The monoisotopic (exact) mass is 239 g/mol. The first-order valence-corrected chi connectivity index (χ1v) is 4.27. The van der Waals surface area contributed by atoms with Gasteiger partial charge in [-0.3, -0.25) is 0 Å². The highest BCUT2D eigenvalue weighted by molar-refractivity contribution is 6.17. The number of aromatic nitrogens is 1. The van der Waals surface area contributed by atoms with Gasteiger partial charge in [0.25, 0.3) is 6.43 Å². The van der Waals surface area contributed by atoms with Crippen molar-refractivity contribution >= 4 is 17.6 Å². The van der Waals surface area contributed by atoms with Crippen LogP contribution >= 0.6 is 11.6 Å². The topological polar surface area (TPSA) is 50.2 Å². The standard InChI is InChI=1S/C8H5ClF3NO2/c9-2-4-6(7(11)12)3(8(14)15)1-5(10)13-4/h1,7H,2H2,(H,14,15). The number of carboxylic acids is 1. The first-order chi connectivity index (χ1) is 6.97. The molecule has 0 radical (unpaired) electrons. The Labute approximate surface area is 87.5 Å². The van der Waals surface area contributed by atoms with Gasteiger partial charge in [-0.15, -0.1) is 11.6 Å². The van der Waals surface area contributed by atoms with Crippen molar-refractivity contribution in [1.29, 1.82) is 0 Å². The van der Waals surface area contributed by atoms with Gasteiger partial charge in [-0.1, -0.05) is 0 Å². The van der Waals surface area contributed by atoms with Gasteiger partial charge in [0.15, 0.2) is 0 Å².